The number of nitrogens with zero attached hydrogens (tertiary/aromatic N) is 1. The van der Waals surface area contributed by atoms with Crippen molar-refractivity contribution in [3.05, 3.63) is 28.8 Å². The molecule has 2 atom stereocenters. The number of aryl methyl sites for hydroxylation is 1. The van der Waals surface area contributed by atoms with Crippen LogP contribution in [-0.4, -0.2) is 36.5 Å². The van der Waals surface area contributed by atoms with Crippen LogP contribution in [0.1, 0.15) is 18.9 Å². The highest BCUT2D eigenvalue weighted by Crippen LogP contribution is 2.24. The summed E-state index contributed by atoms with van der Waals surface area (Å²) < 4.78 is 5.76. The van der Waals surface area contributed by atoms with E-state index in [0.29, 0.717) is 23.2 Å². The minimum Gasteiger partial charge on any atom is -0.481 e. The molecule has 0 unspecified atom stereocenters. The van der Waals surface area contributed by atoms with Crippen LogP contribution >= 0.6 is 11.6 Å². The van der Waals surface area contributed by atoms with Gasteiger partial charge < -0.3 is 15.4 Å². The number of carbonyl (C=O) groups excluding carboxylic acids is 1. The Morgan fingerprint density at radius 1 is 1.60 bits per heavy atom. The maximum absolute atomic E-state index is 12.3. The van der Waals surface area contributed by atoms with Crippen LogP contribution in [0.5, 0.6) is 5.75 Å². The van der Waals surface area contributed by atoms with Gasteiger partial charge in [0.1, 0.15) is 5.75 Å². The molecule has 1 aromatic rings. The fourth-order valence-corrected chi connectivity index (χ4v) is 2.69. The first kappa shape index (κ1) is 15.1. The molecule has 1 fully saturated rings. The predicted molar refractivity (Wildman–Crippen MR) is 80.0 cm³/mol. The smallest absolute Gasteiger partial charge is 0.263 e. The van der Waals surface area contributed by atoms with Gasteiger partial charge in [0.2, 0.25) is 0 Å². The Balaban J connectivity index is 1.97. The molecule has 1 amide bonds. The fraction of sp³-hybridized carbons (Fsp3) is 0.533. The summed E-state index contributed by atoms with van der Waals surface area (Å²) in [4.78, 5) is 14.2. The number of rotatable bonds is 4. The minimum atomic E-state index is -0.494. The van der Waals surface area contributed by atoms with Crippen molar-refractivity contribution in [1.29, 1.82) is 0 Å². The highest BCUT2D eigenvalue weighted by molar-refractivity contribution is 6.30. The number of nitrogens with two attached hydrogens (primary N) is 1. The fourth-order valence-electron chi connectivity index (χ4n) is 2.47. The Hall–Kier alpha value is -1.26. The Bertz CT molecular complexity index is 493. The molecule has 1 aromatic carbocycles. The summed E-state index contributed by atoms with van der Waals surface area (Å²) >= 11 is 5.91. The topological polar surface area (TPSA) is 55.6 Å². The number of hydrogen-bond acceptors (Lipinski definition) is 3. The van der Waals surface area contributed by atoms with Crippen molar-refractivity contribution >= 4 is 17.5 Å². The second-order valence-corrected chi connectivity index (χ2v) is 5.78. The van der Waals surface area contributed by atoms with Gasteiger partial charge in [-0.25, -0.2) is 0 Å². The third-order valence-electron chi connectivity index (χ3n) is 3.72. The number of benzene rings is 1. The number of likely N-dealkylation sites (tertiary alicyclic amines) is 1. The van der Waals surface area contributed by atoms with Gasteiger partial charge in [-0.05, 0) is 56.5 Å². The van der Waals surface area contributed by atoms with Crippen molar-refractivity contribution in [2.24, 2.45) is 11.7 Å². The van der Waals surface area contributed by atoms with Gasteiger partial charge in [0, 0.05) is 18.1 Å². The van der Waals surface area contributed by atoms with Gasteiger partial charge in [0.05, 0.1) is 0 Å². The van der Waals surface area contributed by atoms with Crippen molar-refractivity contribution in [2.75, 3.05) is 19.6 Å². The molecule has 5 heteroatoms. The van der Waals surface area contributed by atoms with Gasteiger partial charge in [-0.3, -0.25) is 4.79 Å². The van der Waals surface area contributed by atoms with Gasteiger partial charge >= 0.3 is 0 Å². The summed E-state index contributed by atoms with van der Waals surface area (Å²) in [5.41, 5.74) is 6.58. The molecular formula is C15H21ClN2O2. The van der Waals surface area contributed by atoms with Crippen molar-refractivity contribution < 1.29 is 9.53 Å². The number of hydrogen-bond donors (Lipinski definition) is 1. The van der Waals surface area contributed by atoms with Gasteiger partial charge in [0.15, 0.2) is 6.10 Å². The Kier molecular flexibility index (Phi) is 4.89. The second-order valence-electron chi connectivity index (χ2n) is 5.34. The summed E-state index contributed by atoms with van der Waals surface area (Å²) in [6.07, 6.45) is 0.487. The highest BCUT2D eigenvalue weighted by atomic mass is 35.5. The maximum Gasteiger partial charge on any atom is 0.263 e. The number of amides is 1. The molecule has 0 saturated carbocycles. The average Bonchev–Trinajstić information content (AvgIpc) is 2.89. The predicted octanol–water partition coefficient (Wildman–Crippen LogP) is 2.22. The second kappa shape index (κ2) is 6.46. The van der Waals surface area contributed by atoms with Crippen molar-refractivity contribution in [3.8, 4) is 5.75 Å². The van der Waals surface area contributed by atoms with E-state index in [4.69, 9.17) is 22.1 Å². The van der Waals surface area contributed by atoms with Gasteiger partial charge in [-0.2, -0.15) is 0 Å². The van der Waals surface area contributed by atoms with E-state index in [1.54, 1.807) is 19.1 Å². The highest BCUT2D eigenvalue weighted by Gasteiger charge is 2.29. The van der Waals surface area contributed by atoms with E-state index >= 15 is 0 Å². The van der Waals surface area contributed by atoms with Crippen LogP contribution in [0.2, 0.25) is 5.02 Å². The number of carbonyl (C=O) groups is 1. The molecule has 1 aliphatic heterocycles. The Morgan fingerprint density at radius 3 is 2.95 bits per heavy atom. The van der Waals surface area contributed by atoms with Crippen LogP contribution in [0, 0.1) is 12.8 Å². The molecule has 4 nitrogen and oxygen atoms in total. The molecule has 20 heavy (non-hydrogen) atoms. The molecule has 110 valence electrons. The molecule has 1 saturated heterocycles. The van der Waals surface area contributed by atoms with E-state index in [9.17, 15) is 4.79 Å². The lowest BCUT2D eigenvalue weighted by Gasteiger charge is -2.22. The standard InChI is InChI=1S/C15H21ClN2O2/c1-10-7-13(16)3-4-14(10)20-11(2)15(19)18-6-5-12(8-17)9-18/h3-4,7,11-12H,5-6,8-9,17H2,1-2H3/t11-,12+/m1/s1. The summed E-state index contributed by atoms with van der Waals surface area (Å²) in [6, 6.07) is 5.39. The SMILES string of the molecule is Cc1cc(Cl)ccc1O[C@H](C)C(=O)N1CC[C@@H](CN)C1. The zero-order valence-corrected chi connectivity index (χ0v) is 12.7. The number of halogens is 1. The summed E-state index contributed by atoms with van der Waals surface area (Å²) in [5.74, 6) is 1.14. The molecule has 0 aromatic heterocycles. The summed E-state index contributed by atoms with van der Waals surface area (Å²) in [5, 5.41) is 0.666. The molecule has 1 heterocycles. The van der Waals surface area contributed by atoms with E-state index in [1.807, 2.05) is 17.9 Å². The van der Waals surface area contributed by atoms with Crippen molar-refractivity contribution in [2.45, 2.75) is 26.4 Å². The average molecular weight is 297 g/mol. The van der Waals surface area contributed by atoms with Crippen LogP contribution in [0.3, 0.4) is 0 Å². The quantitative estimate of drug-likeness (QED) is 0.927. The largest absolute Gasteiger partial charge is 0.481 e. The van der Waals surface area contributed by atoms with E-state index in [1.165, 1.54) is 0 Å². The molecule has 1 aliphatic rings. The Labute approximate surface area is 124 Å². The third kappa shape index (κ3) is 3.44. The first-order valence-electron chi connectivity index (χ1n) is 6.93. The van der Waals surface area contributed by atoms with Crippen LogP contribution in [0.25, 0.3) is 0 Å². The molecule has 0 radical (unpaired) electrons. The molecular weight excluding hydrogens is 276 g/mol. The monoisotopic (exact) mass is 296 g/mol. The van der Waals surface area contributed by atoms with Crippen LogP contribution in [-0.2, 0) is 4.79 Å². The molecule has 0 spiro atoms. The van der Waals surface area contributed by atoms with E-state index < -0.39 is 6.10 Å². The van der Waals surface area contributed by atoms with E-state index in [-0.39, 0.29) is 5.91 Å². The molecule has 2 N–H and O–H groups in total. The lowest BCUT2D eigenvalue weighted by Crippen LogP contribution is -2.39. The summed E-state index contributed by atoms with van der Waals surface area (Å²) in [6.45, 7) is 5.84. The van der Waals surface area contributed by atoms with Gasteiger partial charge in [-0.15, -0.1) is 0 Å². The Morgan fingerprint density at radius 2 is 2.35 bits per heavy atom. The van der Waals surface area contributed by atoms with Crippen LogP contribution < -0.4 is 10.5 Å². The van der Waals surface area contributed by atoms with Crippen LogP contribution in [0.4, 0.5) is 0 Å². The lowest BCUT2D eigenvalue weighted by molar-refractivity contribution is -0.137. The third-order valence-corrected chi connectivity index (χ3v) is 3.95. The zero-order chi connectivity index (χ0) is 14.7. The van der Waals surface area contributed by atoms with Gasteiger partial charge in [0.25, 0.3) is 5.91 Å². The van der Waals surface area contributed by atoms with Crippen molar-refractivity contribution in [1.82, 2.24) is 4.90 Å². The van der Waals surface area contributed by atoms with Crippen molar-refractivity contribution in [3.63, 3.8) is 0 Å². The molecule has 0 bridgehead atoms. The van der Waals surface area contributed by atoms with E-state index in [2.05, 4.69) is 0 Å². The normalized spacial score (nSPS) is 20.0. The van der Waals surface area contributed by atoms with Crippen LogP contribution in [0.15, 0.2) is 18.2 Å². The van der Waals surface area contributed by atoms with E-state index in [0.717, 1.165) is 25.1 Å². The number of ether oxygens (including phenoxy) is 1. The maximum atomic E-state index is 12.3. The molecule has 0 aliphatic carbocycles. The minimum absolute atomic E-state index is 0.0234. The first-order valence-corrected chi connectivity index (χ1v) is 7.30. The lowest BCUT2D eigenvalue weighted by atomic mass is 10.1. The van der Waals surface area contributed by atoms with Gasteiger partial charge in [-0.1, -0.05) is 11.6 Å². The molecule has 2 rings (SSSR count). The zero-order valence-electron chi connectivity index (χ0n) is 11.9. The summed E-state index contributed by atoms with van der Waals surface area (Å²) in [7, 11) is 0. The first-order chi connectivity index (χ1) is 9.51.